The van der Waals surface area contributed by atoms with Crippen LogP contribution in [0.25, 0.3) is 6.08 Å². The summed E-state index contributed by atoms with van der Waals surface area (Å²) in [5, 5.41) is 2.69. The predicted octanol–water partition coefficient (Wildman–Crippen LogP) is 4.53. The molecular formula is C22H22BrN3O2. The molecule has 0 bridgehead atoms. The Labute approximate surface area is 173 Å². The summed E-state index contributed by atoms with van der Waals surface area (Å²) in [7, 11) is 0. The lowest BCUT2D eigenvalue weighted by atomic mass is 10.1. The van der Waals surface area contributed by atoms with Crippen LogP contribution in [0, 0.1) is 0 Å². The molecule has 3 amide bonds. The molecule has 0 radical (unpaired) electrons. The molecule has 0 aromatic heterocycles. The van der Waals surface area contributed by atoms with Crippen LogP contribution < -0.4 is 10.2 Å². The number of nitrogens with one attached hydrogen (secondary N) is 1. The van der Waals surface area contributed by atoms with Gasteiger partial charge < -0.3 is 10.2 Å². The summed E-state index contributed by atoms with van der Waals surface area (Å²) in [4.78, 5) is 28.5. The normalized spacial score (nSPS) is 18.7. The lowest BCUT2D eigenvalue weighted by Crippen LogP contribution is -2.30. The standard InChI is InChI=1S/C22H22BrN3O2/c23-18-8-4-17(5-9-18)15-26-21(27)20(24-22(26)28)14-16-6-10-19(11-7-16)25-12-2-1-3-13-25/h4-11,14H,1-3,12-13,15H2,(H,24,28)/b20-14+. The highest BCUT2D eigenvalue weighted by atomic mass is 79.9. The van der Waals surface area contributed by atoms with Crippen molar-refractivity contribution in [1.29, 1.82) is 0 Å². The van der Waals surface area contributed by atoms with Crippen LogP contribution in [0.15, 0.2) is 58.7 Å². The second-order valence-corrected chi connectivity index (χ2v) is 8.06. The van der Waals surface area contributed by atoms with E-state index in [0.717, 1.165) is 28.7 Å². The highest BCUT2D eigenvalue weighted by Crippen LogP contribution is 2.22. The first-order valence-corrected chi connectivity index (χ1v) is 10.3. The van der Waals surface area contributed by atoms with E-state index in [2.05, 4.69) is 38.3 Å². The molecule has 2 aromatic rings. The molecule has 2 saturated heterocycles. The van der Waals surface area contributed by atoms with Gasteiger partial charge in [0, 0.05) is 23.2 Å². The van der Waals surface area contributed by atoms with Gasteiger partial charge in [0.2, 0.25) is 0 Å². The lowest BCUT2D eigenvalue weighted by Gasteiger charge is -2.28. The summed E-state index contributed by atoms with van der Waals surface area (Å²) in [6.45, 7) is 2.45. The number of nitrogens with zero attached hydrogens (tertiary/aromatic N) is 2. The van der Waals surface area contributed by atoms with Gasteiger partial charge in [-0.3, -0.25) is 9.69 Å². The summed E-state index contributed by atoms with van der Waals surface area (Å²) >= 11 is 3.39. The molecule has 28 heavy (non-hydrogen) atoms. The quantitative estimate of drug-likeness (QED) is 0.562. The number of halogens is 1. The van der Waals surface area contributed by atoms with Crippen molar-refractivity contribution in [1.82, 2.24) is 10.2 Å². The van der Waals surface area contributed by atoms with Crippen molar-refractivity contribution in [2.45, 2.75) is 25.8 Å². The summed E-state index contributed by atoms with van der Waals surface area (Å²) in [5.74, 6) is -0.298. The SMILES string of the molecule is O=C1N/C(=C/c2ccc(N3CCCCC3)cc2)C(=O)N1Cc1ccc(Br)cc1. The molecule has 0 saturated carbocycles. The van der Waals surface area contributed by atoms with Gasteiger partial charge in [-0.1, -0.05) is 40.2 Å². The summed E-state index contributed by atoms with van der Waals surface area (Å²) in [6, 6.07) is 15.3. The molecule has 2 aliphatic heterocycles. The lowest BCUT2D eigenvalue weighted by molar-refractivity contribution is -0.123. The molecule has 6 heteroatoms. The fourth-order valence-electron chi connectivity index (χ4n) is 3.59. The number of hydrogen-bond acceptors (Lipinski definition) is 3. The highest BCUT2D eigenvalue weighted by Gasteiger charge is 2.33. The molecule has 144 valence electrons. The van der Waals surface area contributed by atoms with Crippen LogP contribution in [-0.4, -0.2) is 29.9 Å². The van der Waals surface area contributed by atoms with Crippen LogP contribution >= 0.6 is 15.9 Å². The third-order valence-corrected chi connectivity index (χ3v) is 5.67. The first kappa shape index (κ1) is 18.7. The van der Waals surface area contributed by atoms with Crippen LogP contribution in [0.5, 0.6) is 0 Å². The molecule has 2 heterocycles. The first-order valence-electron chi connectivity index (χ1n) is 9.54. The van der Waals surface area contributed by atoms with E-state index in [0.29, 0.717) is 5.70 Å². The summed E-state index contributed by atoms with van der Waals surface area (Å²) in [5.41, 5.74) is 3.32. The fraction of sp³-hybridized carbons (Fsp3) is 0.273. The van der Waals surface area contributed by atoms with Crippen molar-refractivity contribution in [3.63, 3.8) is 0 Å². The van der Waals surface area contributed by atoms with Crippen molar-refractivity contribution in [2.75, 3.05) is 18.0 Å². The zero-order valence-electron chi connectivity index (χ0n) is 15.5. The third kappa shape index (κ3) is 4.12. The van der Waals surface area contributed by atoms with Crippen LogP contribution in [0.4, 0.5) is 10.5 Å². The van der Waals surface area contributed by atoms with Crippen molar-refractivity contribution in [3.8, 4) is 0 Å². The minimum Gasteiger partial charge on any atom is -0.372 e. The average Bonchev–Trinajstić information content (AvgIpc) is 2.98. The van der Waals surface area contributed by atoms with Gasteiger partial charge in [0.1, 0.15) is 5.70 Å². The molecule has 0 spiro atoms. The second kappa shape index (κ2) is 8.19. The minimum absolute atomic E-state index is 0.253. The Morgan fingerprint density at radius 3 is 2.29 bits per heavy atom. The van der Waals surface area contributed by atoms with Gasteiger partial charge in [-0.15, -0.1) is 0 Å². The van der Waals surface area contributed by atoms with Gasteiger partial charge in [0.25, 0.3) is 5.91 Å². The Morgan fingerprint density at radius 1 is 0.929 bits per heavy atom. The molecule has 2 fully saturated rings. The van der Waals surface area contributed by atoms with Crippen LogP contribution in [0.2, 0.25) is 0 Å². The number of rotatable bonds is 4. The van der Waals surface area contributed by atoms with Crippen molar-refractivity contribution >= 4 is 39.6 Å². The smallest absolute Gasteiger partial charge is 0.329 e. The van der Waals surface area contributed by atoms with E-state index in [-0.39, 0.29) is 18.5 Å². The fourth-order valence-corrected chi connectivity index (χ4v) is 3.85. The largest absolute Gasteiger partial charge is 0.372 e. The molecule has 0 unspecified atom stereocenters. The van der Waals surface area contributed by atoms with Crippen molar-refractivity contribution < 1.29 is 9.59 Å². The highest BCUT2D eigenvalue weighted by molar-refractivity contribution is 9.10. The molecule has 0 aliphatic carbocycles. The van der Waals surface area contributed by atoms with E-state index in [1.807, 2.05) is 36.4 Å². The van der Waals surface area contributed by atoms with Crippen LogP contribution in [-0.2, 0) is 11.3 Å². The van der Waals surface area contributed by atoms with Gasteiger partial charge in [0.05, 0.1) is 6.54 Å². The Bertz CT molecular complexity index is 900. The molecule has 0 atom stereocenters. The topological polar surface area (TPSA) is 52.7 Å². The van der Waals surface area contributed by atoms with E-state index in [1.165, 1.54) is 29.8 Å². The summed E-state index contributed by atoms with van der Waals surface area (Å²) < 4.78 is 0.960. The maximum Gasteiger partial charge on any atom is 0.329 e. The van der Waals surface area contributed by atoms with Crippen LogP contribution in [0.3, 0.4) is 0 Å². The van der Waals surface area contributed by atoms with Gasteiger partial charge >= 0.3 is 6.03 Å². The van der Waals surface area contributed by atoms with Gasteiger partial charge in [-0.2, -0.15) is 0 Å². The first-order chi connectivity index (χ1) is 13.6. The molecule has 1 N–H and O–H groups in total. The number of benzene rings is 2. The number of amides is 3. The number of imide groups is 1. The van der Waals surface area contributed by atoms with Crippen molar-refractivity contribution in [3.05, 3.63) is 69.8 Å². The number of piperidine rings is 1. The predicted molar refractivity (Wildman–Crippen MR) is 114 cm³/mol. The number of hydrogen-bond donors (Lipinski definition) is 1. The number of carbonyl (C=O) groups is 2. The number of anilines is 1. The molecule has 2 aliphatic rings. The van der Waals surface area contributed by atoms with Crippen molar-refractivity contribution in [2.24, 2.45) is 0 Å². The molecular weight excluding hydrogens is 418 g/mol. The maximum absolute atomic E-state index is 12.7. The number of carbonyl (C=O) groups excluding carboxylic acids is 2. The molecule has 2 aromatic carbocycles. The zero-order valence-corrected chi connectivity index (χ0v) is 17.1. The Kier molecular flexibility index (Phi) is 5.48. The monoisotopic (exact) mass is 439 g/mol. The van der Waals surface area contributed by atoms with E-state index < -0.39 is 0 Å². The molecule has 4 rings (SSSR count). The Hall–Kier alpha value is -2.60. The maximum atomic E-state index is 12.7. The van der Waals surface area contributed by atoms with Gasteiger partial charge in [-0.05, 0) is 60.7 Å². The minimum atomic E-state index is -0.385. The van der Waals surface area contributed by atoms with Gasteiger partial charge in [0.15, 0.2) is 0 Å². The Morgan fingerprint density at radius 2 is 1.61 bits per heavy atom. The Balaban J connectivity index is 1.46. The summed E-state index contributed by atoms with van der Waals surface area (Å²) in [6.07, 6.45) is 5.52. The van der Waals surface area contributed by atoms with E-state index in [9.17, 15) is 9.59 Å². The zero-order chi connectivity index (χ0) is 19.5. The van der Waals surface area contributed by atoms with Gasteiger partial charge in [-0.25, -0.2) is 4.79 Å². The second-order valence-electron chi connectivity index (χ2n) is 7.15. The average molecular weight is 440 g/mol. The van der Waals surface area contributed by atoms with E-state index >= 15 is 0 Å². The van der Waals surface area contributed by atoms with E-state index in [1.54, 1.807) is 6.08 Å². The van der Waals surface area contributed by atoms with E-state index in [4.69, 9.17) is 0 Å². The molecule has 5 nitrogen and oxygen atoms in total. The van der Waals surface area contributed by atoms with Crippen LogP contribution in [0.1, 0.15) is 30.4 Å². The third-order valence-electron chi connectivity index (χ3n) is 5.14. The number of urea groups is 1.